The molecule has 6 atom stereocenters. The first-order valence-electron chi connectivity index (χ1n) is 15.9. The van der Waals surface area contributed by atoms with Crippen LogP contribution in [0.25, 0.3) is 0 Å². The Balaban J connectivity index is 1.28. The monoisotopic (exact) mass is 640 g/mol. The lowest BCUT2D eigenvalue weighted by molar-refractivity contribution is -0.0309. The van der Waals surface area contributed by atoms with E-state index in [1.165, 1.54) is 11.1 Å². The third-order valence-electron chi connectivity index (χ3n) is 10.5. The topological polar surface area (TPSA) is 94.2 Å². The van der Waals surface area contributed by atoms with Gasteiger partial charge in [0.2, 0.25) is 10.0 Å². The number of rotatable bonds is 4. The summed E-state index contributed by atoms with van der Waals surface area (Å²) in [5.74, 6) is 0.854. The molecule has 2 aromatic rings. The van der Waals surface area contributed by atoms with Crippen LogP contribution in [-0.4, -0.2) is 65.7 Å². The number of benzene rings is 2. The summed E-state index contributed by atoms with van der Waals surface area (Å²) in [5.41, 5.74) is 3.48. The zero-order valence-electron chi connectivity index (χ0n) is 25.2. The van der Waals surface area contributed by atoms with Crippen molar-refractivity contribution in [1.82, 2.24) is 4.72 Å². The summed E-state index contributed by atoms with van der Waals surface area (Å²) in [6.45, 7) is 3.07. The van der Waals surface area contributed by atoms with Gasteiger partial charge >= 0.3 is 0 Å². The molecule has 2 fully saturated rings. The molecule has 1 N–H and O–H groups in total. The maximum atomic E-state index is 13.3. The van der Waals surface area contributed by atoms with Crippen molar-refractivity contribution in [2.75, 3.05) is 44.9 Å². The summed E-state index contributed by atoms with van der Waals surface area (Å²) in [7, 11) is -2.11. The summed E-state index contributed by atoms with van der Waals surface area (Å²) in [5, 5.41) is 0.186. The van der Waals surface area contributed by atoms with Crippen LogP contribution in [0, 0.1) is 17.8 Å². The summed E-state index contributed by atoms with van der Waals surface area (Å²) in [6, 6.07) is 11.6. The van der Waals surface area contributed by atoms with E-state index in [1.807, 2.05) is 18.2 Å². The quantitative estimate of drug-likeness (QED) is 0.359. The van der Waals surface area contributed by atoms with E-state index in [2.05, 4.69) is 33.9 Å². The number of halogens is 1. The lowest BCUT2D eigenvalue weighted by atomic mass is 9.68. The Morgan fingerprint density at radius 2 is 2.02 bits per heavy atom. The summed E-state index contributed by atoms with van der Waals surface area (Å²) in [4.78, 5) is 15.7. The minimum absolute atomic E-state index is 0.00153. The number of carbonyl (C=O) groups excluding carboxylic acids is 1. The molecule has 1 amide bonds. The molecule has 2 bridgehead atoms. The van der Waals surface area contributed by atoms with Crippen molar-refractivity contribution in [3.05, 3.63) is 70.3 Å². The van der Waals surface area contributed by atoms with Gasteiger partial charge in [-0.05, 0) is 104 Å². The number of carbonyl (C=O) groups is 1. The highest BCUT2D eigenvalue weighted by Crippen LogP contribution is 2.47. The molecule has 0 aromatic heterocycles. The normalized spacial score (nSPS) is 33.0. The minimum Gasteiger partial charge on any atom is -0.490 e. The third kappa shape index (κ3) is 5.77. The number of aryl methyl sites for hydroxylation is 1. The van der Waals surface area contributed by atoms with Crippen LogP contribution in [-0.2, 0) is 31.3 Å². The lowest BCUT2D eigenvalue weighted by Crippen LogP contribution is -2.49. The number of methoxy groups -OCH3 is 1. The number of nitrogens with one attached hydrogen (secondary N) is 1. The Kier molecular flexibility index (Phi) is 8.18. The van der Waals surface area contributed by atoms with Crippen molar-refractivity contribution < 1.29 is 27.4 Å². The van der Waals surface area contributed by atoms with E-state index in [0.29, 0.717) is 50.1 Å². The average molecular weight is 641 g/mol. The van der Waals surface area contributed by atoms with Crippen LogP contribution in [0.15, 0.2) is 48.6 Å². The number of nitrogens with zero attached hydrogens (tertiary/aromatic N) is 1. The van der Waals surface area contributed by atoms with Crippen LogP contribution < -0.4 is 14.4 Å². The van der Waals surface area contributed by atoms with Gasteiger partial charge in [-0.15, -0.1) is 0 Å². The number of fused-ring (bicyclic) bond motifs is 5. The third-order valence-corrected chi connectivity index (χ3v) is 12.6. The smallest absolute Gasteiger partial charge is 0.264 e. The highest BCUT2D eigenvalue weighted by atomic mass is 35.5. The molecule has 2 saturated carbocycles. The number of hydrogen-bond donors (Lipinski definition) is 1. The van der Waals surface area contributed by atoms with E-state index in [9.17, 15) is 13.2 Å². The molecule has 10 heteroatoms. The summed E-state index contributed by atoms with van der Waals surface area (Å²) >= 11 is 6.42. The van der Waals surface area contributed by atoms with E-state index in [1.54, 1.807) is 13.2 Å². The van der Waals surface area contributed by atoms with Gasteiger partial charge in [0.1, 0.15) is 5.75 Å². The van der Waals surface area contributed by atoms with Crippen molar-refractivity contribution in [3.8, 4) is 5.75 Å². The molecule has 0 saturated heterocycles. The fourth-order valence-electron chi connectivity index (χ4n) is 7.88. The molecule has 2 heterocycles. The zero-order valence-corrected chi connectivity index (χ0v) is 26.7. The first-order chi connectivity index (χ1) is 21.3. The Hall–Kier alpha value is -2.59. The Morgan fingerprint density at radius 1 is 1.14 bits per heavy atom. The minimum atomic E-state index is -3.79. The largest absolute Gasteiger partial charge is 0.490 e. The number of anilines is 1. The van der Waals surface area contributed by atoms with E-state index >= 15 is 0 Å². The molecule has 5 aliphatic rings. The molecule has 0 radical (unpaired) electrons. The summed E-state index contributed by atoms with van der Waals surface area (Å²) in [6.07, 6.45) is 10.5. The van der Waals surface area contributed by atoms with Crippen molar-refractivity contribution in [1.29, 1.82) is 0 Å². The second-order valence-electron chi connectivity index (χ2n) is 13.3. The van der Waals surface area contributed by atoms with Crippen molar-refractivity contribution >= 4 is 33.2 Å². The molecular weight excluding hydrogens is 600 g/mol. The highest BCUT2D eigenvalue weighted by molar-refractivity contribution is 7.91. The molecule has 236 valence electrons. The number of sulfonamides is 1. The highest BCUT2D eigenvalue weighted by Gasteiger charge is 2.48. The molecule has 7 rings (SSSR count). The molecule has 3 aliphatic carbocycles. The molecule has 44 heavy (non-hydrogen) atoms. The predicted molar refractivity (Wildman–Crippen MR) is 170 cm³/mol. The van der Waals surface area contributed by atoms with Gasteiger partial charge < -0.3 is 19.1 Å². The van der Waals surface area contributed by atoms with Gasteiger partial charge in [-0.3, -0.25) is 4.79 Å². The molecule has 2 aliphatic heterocycles. The van der Waals surface area contributed by atoms with E-state index in [0.717, 1.165) is 61.7 Å². The second kappa shape index (κ2) is 12.0. The average Bonchev–Trinajstić information content (AvgIpc) is 3.79. The van der Waals surface area contributed by atoms with Crippen LogP contribution >= 0.6 is 11.6 Å². The van der Waals surface area contributed by atoms with Gasteiger partial charge in [-0.25, -0.2) is 13.1 Å². The number of ether oxygens (including phenoxy) is 3. The van der Waals surface area contributed by atoms with Gasteiger partial charge in [-0.1, -0.05) is 29.8 Å². The molecule has 8 nitrogen and oxygen atoms in total. The van der Waals surface area contributed by atoms with Crippen molar-refractivity contribution in [2.45, 2.75) is 61.7 Å². The lowest BCUT2D eigenvalue weighted by Gasteiger charge is -2.46. The predicted octanol–water partition coefficient (Wildman–Crippen LogP) is 5.28. The number of hydrogen-bond acceptors (Lipinski definition) is 7. The first-order valence-corrected chi connectivity index (χ1v) is 17.8. The van der Waals surface area contributed by atoms with Crippen LogP contribution in [0.4, 0.5) is 5.69 Å². The Morgan fingerprint density at radius 3 is 2.84 bits per heavy atom. The van der Waals surface area contributed by atoms with Gasteiger partial charge in [-0.2, -0.15) is 0 Å². The maximum absolute atomic E-state index is 13.3. The maximum Gasteiger partial charge on any atom is 0.264 e. The standard InChI is InChI=1S/C34H41ClN2O6S/c1-41-14-15-42-30-6-2-4-23-18-32(23)44(39,40)36-33(38)24-8-12-31-29(17-24)37(19-25-7-10-27(25)30)20-34(21-43-31)13-3-5-22-16-26(35)9-11-28(22)34/h2,6,8-9,11-12,16-17,23,25,27,30,32H,3-5,7,10,13-15,18-21H2,1H3,(H,36,38)/b6-2+/t23-,25-,27+,30-,32-,34-/m0/s1. The van der Waals surface area contributed by atoms with Gasteiger partial charge in [0, 0.05) is 36.2 Å². The zero-order chi connectivity index (χ0) is 30.5. The van der Waals surface area contributed by atoms with E-state index < -0.39 is 21.2 Å². The molecular formula is C34H41ClN2O6S. The van der Waals surface area contributed by atoms with Crippen molar-refractivity contribution in [3.63, 3.8) is 0 Å². The summed E-state index contributed by atoms with van der Waals surface area (Å²) < 4.78 is 46.9. The SMILES string of the molecule is COCCO[C@H]1/C=C/C[C@H]2C[C@@H]2S(=O)(=O)NC(=O)c2ccc3c(c2)N(C[C@@H]2CC[C@H]21)C[C@@]1(CCCc2cc(Cl)ccc21)CO3. The number of amides is 1. The van der Waals surface area contributed by atoms with Gasteiger partial charge in [0.15, 0.2) is 0 Å². The van der Waals surface area contributed by atoms with Gasteiger partial charge in [0.05, 0.1) is 36.9 Å². The van der Waals surface area contributed by atoms with E-state index in [-0.39, 0.29) is 17.4 Å². The Labute approximate surface area is 265 Å². The van der Waals surface area contributed by atoms with Crippen LogP contribution in [0.3, 0.4) is 0 Å². The fourth-order valence-corrected chi connectivity index (χ4v) is 9.72. The van der Waals surface area contributed by atoms with Crippen molar-refractivity contribution in [2.24, 2.45) is 17.8 Å². The first kappa shape index (κ1) is 30.1. The molecule has 1 spiro atoms. The van der Waals surface area contributed by atoms with E-state index in [4.69, 9.17) is 25.8 Å². The Bertz CT molecular complexity index is 1560. The number of allylic oxidation sites excluding steroid dienone is 1. The second-order valence-corrected chi connectivity index (χ2v) is 15.6. The van der Waals surface area contributed by atoms with Crippen LogP contribution in [0.1, 0.15) is 60.0 Å². The fraction of sp³-hybridized carbons (Fsp3) is 0.559. The van der Waals surface area contributed by atoms with Crippen LogP contribution in [0.5, 0.6) is 5.75 Å². The van der Waals surface area contributed by atoms with Crippen LogP contribution in [0.2, 0.25) is 5.02 Å². The molecule has 2 aromatic carbocycles. The van der Waals surface area contributed by atoms with Gasteiger partial charge in [0.25, 0.3) is 5.91 Å². The molecule has 0 unspecified atom stereocenters.